The molecule has 0 aliphatic heterocycles. The highest BCUT2D eigenvalue weighted by Crippen LogP contribution is 2.31. The fourth-order valence-corrected chi connectivity index (χ4v) is 3.07. The normalized spacial score (nSPS) is 34.3. The van der Waals surface area contributed by atoms with Crippen molar-refractivity contribution in [1.82, 2.24) is 5.32 Å². The van der Waals surface area contributed by atoms with E-state index in [-0.39, 0.29) is 25.8 Å². The van der Waals surface area contributed by atoms with E-state index in [2.05, 4.69) is 0 Å². The molecule has 0 heterocycles. The summed E-state index contributed by atoms with van der Waals surface area (Å²) in [6, 6.07) is 0. The summed E-state index contributed by atoms with van der Waals surface area (Å²) in [6.45, 7) is -0.306. The average molecular weight is 267 g/mol. The van der Waals surface area contributed by atoms with Gasteiger partial charge in [-0.25, -0.2) is 13.2 Å². The van der Waals surface area contributed by atoms with E-state index >= 15 is 0 Å². The summed E-state index contributed by atoms with van der Waals surface area (Å²) >= 11 is 0. The van der Waals surface area contributed by atoms with E-state index in [1.165, 1.54) is 0 Å². The second-order valence-electron chi connectivity index (χ2n) is 4.50. The number of rotatable bonds is 3. The summed E-state index contributed by atoms with van der Waals surface area (Å²) in [6.07, 6.45) is -1.26. The molecule has 17 heavy (non-hydrogen) atoms. The minimum absolute atomic E-state index is 0.0478. The second kappa shape index (κ2) is 4.79. The molecule has 1 rings (SSSR count). The van der Waals surface area contributed by atoms with E-state index in [0.29, 0.717) is 0 Å². The van der Waals surface area contributed by atoms with Crippen LogP contribution in [-0.2, 0) is 9.84 Å². The summed E-state index contributed by atoms with van der Waals surface area (Å²) in [7, 11) is -3.25. The first kappa shape index (κ1) is 14.2. The molecule has 1 aliphatic carbocycles. The van der Waals surface area contributed by atoms with Crippen molar-refractivity contribution in [3.63, 3.8) is 0 Å². The third-order valence-corrected chi connectivity index (χ3v) is 4.80. The van der Waals surface area contributed by atoms with Gasteiger partial charge < -0.3 is 20.6 Å². The van der Waals surface area contributed by atoms with Crippen LogP contribution in [0.3, 0.4) is 0 Å². The van der Waals surface area contributed by atoms with Gasteiger partial charge in [0.2, 0.25) is 0 Å². The molecule has 4 N–H and O–H groups in total. The molecule has 0 spiro atoms. The Labute approximate surface area is 99.4 Å². The van der Waals surface area contributed by atoms with E-state index < -0.39 is 32.9 Å². The number of aliphatic hydroxyl groups excluding tert-OH is 1. The molecule has 1 saturated carbocycles. The third-order valence-electron chi connectivity index (χ3n) is 3.16. The summed E-state index contributed by atoms with van der Waals surface area (Å²) in [5, 5.41) is 29.5. The first-order valence-corrected chi connectivity index (χ1v) is 7.17. The van der Waals surface area contributed by atoms with Crippen molar-refractivity contribution in [2.24, 2.45) is 0 Å². The van der Waals surface area contributed by atoms with Crippen molar-refractivity contribution in [2.75, 3.05) is 12.8 Å². The Morgan fingerprint density at radius 3 is 2.53 bits per heavy atom. The summed E-state index contributed by atoms with van der Waals surface area (Å²) in [4.78, 5) is 10.3. The Kier molecular flexibility index (Phi) is 4.00. The number of carboxylic acid groups (broad SMARTS) is 1. The van der Waals surface area contributed by atoms with E-state index in [0.717, 1.165) is 6.26 Å². The molecule has 8 heteroatoms. The lowest BCUT2D eigenvalue weighted by molar-refractivity contribution is -0.0952. The molecular weight excluding hydrogens is 250 g/mol. The Morgan fingerprint density at radius 1 is 1.53 bits per heavy atom. The van der Waals surface area contributed by atoms with Gasteiger partial charge in [0.25, 0.3) is 0 Å². The zero-order valence-electron chi connectivity index (χ0n) is 9.46. The van der Waals surface area contributed by atoms with Crippen molar-refractivity contribution >= 4 is 15.9 Å². The van der Waals surface area contributed by atoms with Crippen molar-refractivity contribution < 1.29 is 28.5 Å². The SMILES string of the molecule is CS(=O)(=O)[C@@H]1CC[C@@](O)(CNC(=O)O)[C@H](O)C1. The molecular formula is C9H17NO6S. The van der Waals surface area contributed by atoms with E-state index in [9.17, 15) is 23.4 Å². The molecule has 1 aliphatic rings. The first-order chi connectivity index (χ1) is 7.65. The Balaban J connectivity index is 2.67. The molecule has 0 bridgehead atoms. The van der Waals surface area contributed by atoms with E-state index in [1.807, 2.05) is 5.32 Å². The molecule has 0 aromatic heterocycles. The molecule has 7 nitrogen and oxygen atoms in total. The number of carbonyl (C=O) groups is 1. The van der Waals surface area contributed by atoms with Gasteiger partial charge in [0.15, 0.2) is 0 Å². The lowest BCUT2D eigenvalue weighted by Gasteiger charge is -2.39. The Bertz CT molecular complexity index is 394. The van der Waals surface area contributed by atoms with E-state index in [4.69, 9.17) is 5.11 Å². The van der Waals surface area contributed by atoms with Crippen LogP contribution in [0.4, 0.5) is 4.79 Å². The maximum atomic E-state index is 11.3. The molecule has 0 saturated heterocycles. The fourth-order valence-electron chi connectivity index (χ4n) is 1.99. The predicted molar refractivity (Wildman–Crippen MR) is 59.5 cm³/mol. The van der Waals surface area contributed by atoms with Crippen molar-refractivity contribution in [2.45, 2.75) is 36.2 Å². The van der Waals surface area contributed by atoms with Crippen LogP contribution in [-0.4, -0.2) is 59.6 Å². The average Bonchev–Trinajstić information content (AvgIpc) is 2.18. The largest absolute Gasteiger partial charge is 0.465 e. The predicted octanol–water partition coefficient (Wildman–Crippen LogP) is -1.06. The molecule has 3 atom stereocenters. The zero-order chi connectivity index (χ0) is 13.3. The van der Waals surface area contributed by atoms with Crippen LogP contribution < -0.4 is 5.32 Å². The van der Waals surface area contributed by atoms with Crippen LogP contribution >= 0.6 is 0 Å². The summed E-state index contributed by atoms with van der Waals surface area (Å²) in [5.41, 5.74) is -1.58. The zero-order valence-corrected chi connectivity index (χ0v) is 10.3. The Hall–Kier alpha value is -0.860. The van der Waals surface area contributed by atoms with Gasteiger partial charge in [-0.3, -0.25) is 0 Å². The van der Waals surface area contributed by atoms with Crippen LogP contribution in [0.15, 0.2) is 0 Å². The van der Waals surface area contributed by atoms with Crippen molar-refractivity contribution in [1.29, 1.82) is 0 Å². The molecule has 100 valence electrons. The van der Waals surface area contributed by atoms with Crippen LogP contribution in [0.1, 0.15) is 19.3 Å². The molecule has 1 amide bonds. The monoisotopic (exact) mass is 267 g/mol. The van der Waals surface area contributed by atoms with Crippen molar-refractivity contribution in [3.05, 3.63) is 0 Å². The molecule has 1 fully saturated rings. The molecule has 0 aromatic carbocycles. The number of amides is 1. The van der Waals surface area contributed by atoms with Gasteiger partial charge in [0, 0.05) is 6.26 Å². The smallest absolute Gasteiger partial charge is 0.404 e. The fraction of sp³-hybridized carbons (Fsp3) is 0.889. The maximum Gasteiger partial charge on any atom is 0.404 e. The number of sulfone groups is 1. The highest BCUT2D eigenvalue weighted by atomic mass is 32.2. The van der Waals surface area contributed by atoms with Crippen molar-refractivity contribution in [3.8, 4) is 0 Å². The number of nitrogens with one attached hydrogen (secondary N) is 1. The van der Waals surface area contributed by atoms with Crippen LogP contribution in [0, 0.1) is 0 Å². The Morgan fingerprint density at radius 2 is 2.12 bits per heavy atom. The number of hydrogen-bond acceptors (Lipinski definition) is 5. The van der Waals surface area contributed by atoms with Gasteiger partial charge in [-0.2, -0.15) is 0 Å². The summed E-state index contributed by atoms with van der Waals surface area (Å²) in [5.74, 6) is 0. The van der Waals surface area contributed by atoms with E-state index in [1.54, 1.807) is 0 Å². The van der Waals surface area contributed by atoms with Gasteiger partial charge in [-0.05, 0) is 19.3 Å². The van der Waals surface area contributed by atoms with Crippen LogP contribution in [0.25, 0.3) is 0 Å². The van der Waals surface area contributed by atoms with Gasteiger partial charge >= 0.3 is 6.09 Å². The highest BCUT2D eigenvalue weighted by Gasteiger charge is 2.44. The van der Waals surface area contributed by atoms with Gasteiger partial charge in [-0.15, -0.1) is 0 Å². The van der Waals surface area contributed by atoms with Gasteiger partial charge in [-0.1, -0.05) is 0 Å². The minimum Gasteiger partial charge on any atom is -0.465 e. The first-order valence-electron chi connectivity index (χ1n) is 5.21. The standard InChI is InChI=1S/C9H17NO6S/c1-17(15,16)6-2-3-9(14,7(11)4-6)5-10-8(12)13/h6-7,10-11,14H,2-5H2,1H3,(H,12,13)/t6-,7-,9-/m1/s1. The maximum absolute atomic E-state index is 11.3. The highest BCUT2D eigenvalue weighted by molar-refractivity contribution is 7.91. The van der Waals surface area contributed by atoms with Crippen LogP contribution in [0.5, 0.6) is 0 Å². The summed E-state index contributed by atoms with van der Waals surface area (Å²) < 4.78 is 22.6. The number of aliphatic hydroxyl groups is 2. The quantitative estimate of drug-likeness (QED) is 0.517. The van der Waals surface area contributed by atoms with Gasteiger partial charge in [0.05, 0.1) is 17.9 Å². The second-order valence-corrected chi connectivity index (χ2v) is 6.83. The minimum atomic E-state index is -3.25. The van der Waals surface area contributed by atoms with Gasteiger partial charge in [0.1, 0.15) is 15.4 Å². The molecule has 0 aromatic rings. The van der Waals surface area contributed by atoms with Crippen LogP contribution in [0.2, 0.25) is 0 Å². The molecule has 0 radical (unpaired) electrons. The lowest BCUT2D eigenvalue weighted by atomic mass is 9.82. The topological polar surface area (TPSA) is 124 Å². The lowest BCUT2D eigenvalue weighted by Crippen LogP contribution is -2.55. The third kappa shape index (κ3) is 3.55. The number of hydrogen-bond donors (Lipinski definition) is 4. The molecule has 0 unspecified atom stereocenters.